The summed E-state index contributed by atoms with van der Waals surface area (Å²) in [5.41, 5.74) is 1.35. The summed E-state index contributed by atoms with van der Waals surface area (Å²) in [6.45, 7) is 2.99. The molecule has 0 bridgehead atoms. The molecule has 1 saturated heterocycles. The highest BCUT2D eigenvalue weighted by molar-refractivity contribution is 9.10. The molecular weight excluding hydrogens is 441 g/mol. The maximum atomic E-state index is 12.4. The Balaban J connectivity index is 2.02. The Bertz CT molecular complexity index is 809. The van der Waals surface area contributed by atoms with E-state index >= 15 is 0 Å². The number of hydrogen-bond acceptors (Lipinski definition) is 5. The number of methoxy groups -OCH3 is 1. The van der Waals surface area contributed by atoms with E-state index in [0.717, 1.165) is 31.7 Å². The first-order valence-electron chi connectivity index (χ1n) is 8.65. The van der Waals surface area contributed by atoms with Crippen LogP contribution < -0.4 is 14.8 Å². The molecule has 0 spiro atoms. The minimum Gasteiger partial charge on any atom is -0.506 e. The average Bonchev–Trinajstić information content (AvgIpc) is 2.66. The van der Waals surface area contributed by atoms with E-state index in [1.807, 2.05) is 0 Å². The number of benzene rings is 2. The van der Waals surface area contributed by atoms with Gasteiger partial charge in [-0.15, -0.1) is 13.2 Å². The Morgan fingerprint density at radius 2 is 1.75 bits per heavy atom. The lowest BCUT2D eigenvalue weighted by atomic mass is 9.95. The summed E-state index contributed by atoms with van der Waals surface area (Å²) in [4.78, 5) is 2.16. The molecule has 9 heteroatoms. The van der Waals surface area contributed by atoms with Crippen molar-refractivity contribution in [3.63, 3.8) is 0 Å². The van der Waals surface area contributed by atoms with Crippen LogP contribution in [0.25, 0.3) is 0 Å². The molecule has 1 heterocycles. The minimum atomic E-state index is -4.74. The van der Waals surface area contributed by atoms with Crippen LogP contribution in [0.2, 0.25) is 0 Å². The monoisotopic (exact) mass is 460 g/mol. The molecule has 1 aliphatic heterocycles. The molecule has 28 heavy (non-hydrogen) atoms. The van der Waals surface area contributed by atoms with E-state index in [-0.39, 0.29) is 17.5 Å². The predicted molar refractivity (Wildman–Crippen MR) is 102 cm³/mol. The molecule has 1 aliphatic rings. The summed E-state index contributed by atoms with van der Waals surface area (Å²) in [5, 5.41) is 13.9. The average molecular weight is 461 g/mol. The van der Waals surface area contributed by atoms with Gasteiger partial charge in [0.2, 0.25) is 0 Å². The van der Waals surface area contributed by atoms with Crippen LogP contribution >= 0.6 is 15.9 Å². The van der Waals surface area contributed by atoms with Crippen molar-refractivity contribution >= 4 is 15.9 Å². The molecule has 2 aromatic rings. The molecule has 0 unspecified atom stereocenters. The Hall–Kier alpha value is -1.97. The molecule has 2 N–H and O–H groups in total. The van der Waals surface area contributed by atoms with Crippen LogP contribution in [0.3, 0.4) is 0 Å². The molecule has 5 nitrogen and oxygen atoms in total. The van der Waals surface area contributed by atoms with Gasteiger partial charge in [-0.25, -0.2) is 0 Å². The SMILES string of the molecule is COc1cc(Br)c(O)c([C@H](c2ccc(OC(F)(F)F)cc2)N2CCNCC2)c1. The standard InChI is InChI=1S/C19H20BrF3N2O3/c1-27-14-10-15(18(26)16(20)11-14)17(25-8-6-24-7-9-25)12-2-4-13(5-3-12)28-19(21,22)23/h2-5,10-11,17,24,26H,6-9H2,1H3/t17-/m0/s1. The second-order valence-corrected chi connectivity index (χ2v) is 7.21. The quantitative estimate of drug-likeness (QED) is 0.704. The molecule has 0 amide bonds. The Labute approximate surface area is 169 Å². The fourth-order valence-electron chi connectivity index (χ4n) is 3.30. The molecule has 152 valence electrons. The summed E-state index contributed by atoms with van der Waals surface area (Å²) in [7, 11) is 1.53. The fourth-order valence-corrected chi connectivity index (χ4v) is 3.75. The Morgan fingerprint density at radius 3 is 2.32 bits per heavy atom. The van der Waals surface area contributed by atoms with Crippen LogP contribution in [0, 0.1) is 0 Å². The van der Waals surface area contributed by atoms with Crippen LogP contribution in [-0.4, -0.2) is 49.7 Å². The van der Waals surface area contributed by atoms with Crippen LogP contribution in [0.15, 0.2) is 40.9 Å². The van der Waals surface area contributed by atoms with E-state index in [9.17, 15) is 18.3 Å². The largest absolute Gasteiger partial charge is 0.573 e. The molecule has 0 aromatic heterocycles. The molecule has 0 radical (unpaired) electrons. The van der Waals surface area contributed by atoms with Crippen LogP contribution in [0.4, 0.5) is 13.2 Å². The van der Waals surface area contributed by atoms with Gasteiger partial charge in [-0.1, -0.05) is 12.1 Å². The first kappa shape index (κ1) is 20.8. The van der Waals surface area contributed by atoms with E-state index in [1.54, 1.807) is 24.3 Å². The first-order chi connectivity index (χ1) is 13.3. The molecule has 1 atom stereocenters. The highest BCUT2D eigenvalue weighted by Crippen LogP contribution is 2.41. The van der Waals surface area contributed by atoms with Gasteiger partial charge in [0, 0.05) is 31.7 Å². The first-order valence-corrected chi connectivity index (χ1v) is 9.44. The second-order valence-electron chi connectivity index (χ2n) is 6.35. The van der Waals surface area contributed by atoms with Gasteiger partial charge in [0.25, 0.3) is 0 Å². The van der Waals surface area contributed by atoms with Gasteiger partial charge >= 0.3 is 6.36 Å². The maximum Gasteiger partial charge on any atom is 0.573 e. The smallest absolute Gasteiger partial charge is 0.506 e. The van der Waals surface area contributed by atoms with Crippen LogP contribution in [0.1, 0.15) is 17.2 Å². The number of phenols is 1. The number of phenolic OH excluding ortho intramolecular Hbond substituents is 1. The molecule has 1 fully saturated rings. The third-order valence-electron chi connectivity index (χ3n) is 4.54. The van der Waals surface area contributed by atoms with Crippen molar-refractivity contribution in [3.05, 3.63) is 52.0 Å². The molecule has 2 aromatic carbocycles. The number of ether oxygens (including phenoxy) is 2. The maximum absolute atomic E-state index is 12.4. The van der Waals surface area contributed by atoms with Gasteiger partial charge in [0.15, 0.2) is 0 Å². The topological polar surface area (TPSA) is 54.0 Å². The molecular formula is C19H20BrF3N2O3. The lowest BCUT2D eigenvalue weighted by Crippen LogP contribution is -2.45. The Morgan fingerprint density at radius 1 is 1.11 bits per heavy atom. The number of piperazine rings is 1. The van der Waals surface area contributed by atoms with Crippen molar-refractivity contribution in [3.8, 4) is 17.2 Å². The normalized spacial score (nSPS) is 16.6. The van der Waals surface area contributed by atoms with Gasteiger partial charge in [0.05, 0.1) is 17.6 Å². The number of alkyl halides is 3. The van der Waals surface area contributed by atoms with Crippen molar-refractivity contribution < 1.29 is 27.8 Å². The van der Waals surface area contributed by atoms with Gasteiger partial charge in [-0.05, 0) is 45.8 Å². The summed E-state index contributed by atoms with van der Waals surface area (Å²) in [5.74, 6) is 0.350. The third-order valence-corrected chi connectivity index (χ3v) is 5.15. The highest BCUT2D eigenvalue weighted by atomic mass is 79.9. The number of hydrogen-bond donors (Lipinski definition) is 2. The van der Waals surface area contributed by atoms with Crippen molar-refractivity contribution in [2.75, 3.05) is 33.3 Å². The van der Waals surface area contributed by atoms with E-state index in [1.165, 1.54) is 19.2 Å². The van der Waals surface area contributed by atoms with Crippen molar-refractivity contribution in [1.29, 1.82) is 0 Å². The van der Waals surface area contributed by atoms with Crippen molar-refractivity contribution in [2.24, 2.45) is 0 Å². The zero-order valence-electron chi connectivity index (χ0n) is 15.1. The number of nitrogens with zero attached hydrogens (tertiary/aromatic N) is 1. The zero-order chi connectivity index (χ0) is 20.3. The molecule has 0 aliphatic carbocycles. The number of aromatic hydroxyl groups is 1. The lowest BCUT2D eigenvalue weighted by Gasteiger charge is -2.36. The van der Waals surface area contributed by atoms with E-state index in [2.05, 4.69) is 30.9 Å². The number of halogens is 4. The molecule has 0 saturated carbocycles. The van der Waals surface area contributed by atoms with Gasteiger partial charge in [-0.3, -0.25) is 4.90 Å². The van der Waals surface area contributed by atoms with Gasteiger partial charge in [0.1, 0.15) is 17.2 Å². The summed E-state index contributed by atoms with van der Waals surface area (Å²) in [6.07, 6.45) is -4.74. The zero-order valence-corrected chi connectivity index (χ0v) is 16.7. The highest BCUT2D eigenvalue weighted by Gasteiger charge is 2.32. The summed E-state index contributed by atoms with van der Waals surface area (Å²) >= 11 is 3.34. The van der Waals surface area contributed by atoms with E-state index < -0.39 is 6.36 Å². The molecule has 3 rings (SSSR count). The van der Waals surface area contributed by atoms with Gasteiger partial charge in [-0.2, -0.15) is 0 Å². The summed E-state index contributed by atoms with van der Waals surface area (Å²) < 4.78 is 47.1. The van der Waals surface area contributed by atoms with E-state index in [4.69, 9.17) is 4.74 Å². The number of nitrogens with one attached hydrogen (secondary N) is 1. The van der Waals surface area contributed by atoms with Gasteiger partial charge < -0.3 is 19.9 Å². The van der Waals surface area contributed by atoms with Crippen molar-refractivity contribution in [2.45, 2.75) is 12.4 Å². The second kappa shape index (κ2) is 8.59. The predicted octanol–water partition coefficient (Wildman–Crippen LogP) is 4.06. The third kappa shape index (κ3) is 4.89. The fraction of sp³-hybridized carbons (Fsp3) is 0.368. The van der Waals surface area contributed by atoms with Crippen molar-refractivity contribution in [1.82, 2.24) is 10.2 Å². The van der Waals surface area contributed by atoms with Crippen LogP contribution in [-0.2, 0) is 0 Å². The number of rotatable bonds is 5. The minimum absolute atomic E-state index is 0.0694. The lowest BCUT2D eigenvalue weighted by molar-refractivity contribution is -0.274. The van der Waals surface area contributed by atoms with E-state index in [0.29, 0.717) is 15.8 Å². The Kier molecular flexibility index (Phi) is 6.36. The summed E-state index contributed by atoms with van der Waals surface area (Å²) in [6, 6.07) is 8.78. The van der Waals surface area contributed by atoms with Crippen LogP contribution in [0.5, 0.6) is 17.2 Å².